The molecule has 6 nitrogen and oxygen atoms in total. The van der Waals surface area contributed by atoms with Gasteiger partial charge in [-0.3, -0.25) is 9.89 Å². The van der Waals surface area contributed by atoms with Gasteiger partial charge < -0.3 is 9.64 Å². The van der Waals surface area contributed by atoms with Crippen molar-refractivity contribution in [3.8, 4) is 0 Å². The Labute approximate surface area is 132 Å². The molecule has 0 aliphatic carbocycles. The van der Waals surface area contributed by atoms with Crippen LogP contribution in [-0.2, 0) is 4.74 Å². The smallest absolute Gasteiger partial charge is 0.271 e. The lowest BCUT2D eigenvalue weighted by Gasteiger charge is -2.18. The van der Waals surface area contributed by atoms with Crippen LogP contribution in [0.15, 0.2) is 12.3 Å². The van der Waals surface area contributed by atoms with Gasteiger partial charge in [0, 0.05) is 30.1 Å². The Balaban J connectivity index is 1.43. The molecule has 3 atom stereocenters. The number of aromatic nitrogens is 3. The first-order valence-electron chi connectivity index (χ1n) is 7.50. The van der Waals surface area contributed by atoms with Crippen LogP contribution in [0.5, 0.6) is 0 Å². The number of thiazole rings is 1. The molecule has 116 valence electrons. The van der Waals surface area contributed by atoms with E-state index in [0.29, 0.717) is 18.2 Å². The Morgan fingerprint density at radius 1 is 1.45 bits per heavy atom. The summed E-state index contributed by atoms with van der Waals surface area (Å²) >= 11 is 1.73. The lowest BCUT2D eigenvalue weighted by Crippen LogP contribution is -2.31. The van der Waals surface area contributed by atoms with Crippen LogP contribution in [0.2, 0.25) is 0 Å². The van der Waals surface area contributed by atoms with E-state index in [-0.39, 0.29) is 18.1 Å². The Hall–Kier alpha value is -1.73. The zero-order valence-corrected chi connectivity index (χ0v) is 13.4. The predicted octanol–water partition coefficient (Wildman–Crippen LogP) is 2.09. The van der Waals surface area contributed by atoms with Crippen LogP contribution in [0.3, 0.4) is 0 Å². The van der Waals surface area contributed by atoms with Crippen molar-refractivity contribution in [3.05, 3.63) is 33.5 Å². The highest BCUT2D eigenvalue weighted by atomic mass is 32.1. The van der Waals surface area contributed by atoms with Crippen LogP contribution in [-0.4, -0.2) is 45.2 Å². The van der Waals surface area contributed by atoms with E-state index in [0.717, 1.165) is 23.7 Å². The van der Waals surface area contributed by atoms with E-state index < -0.39 is 0 Å². The van der Waals surface area contributed by atoms with E-state index in [1.165, 1.54) is 4.88 Å². The zero-order chi connectivity index (χ0) is 15.3. The molecule has 1 amide bonds. The minimum atomic E-state index is 0.00740. The number of rotatable bonds is 2. The van der Waals surface area contributed by atoms with Gasteiger partial charge in [0.25, 0.3) is 5.91 Å². The van der Waals surface area contributed by atoms with Crippen LogP contribution in [0, 0.1) is 19.8 Å². The first-order valence-corrected chi connectivity index (χ1v) is 8.31. The van der Waals surface area contributed by atoms with Crippen LogP contribution in [0.4, 0.5) is 0 Å². The Bertz CT molecular complexity index is 663. The number of aryl methyl sites for hydroxylation is 2. The summed E-state index contributed by atoms with van der Waals surface area (Å²) in [5.41, 5.74) is 1.64. The molecular weight excluding hydrogens is 300 g/mol. The fraction of sp³-hybridized carbons (Fsp3) is 0.533. The third kappa shape index (κ3) is 2.24. The molecule has 0 aromatic carbocycles. The number of fused-ring (bicyclic) bond motifs is 1. The lowest BCUT2D eigenvalue weighted by atomic mass is 10.0. The summed E-state index contributed by atoms with van der Waals surface area (Å²) < 4.78 is 6.17. The van der Waals surface area contributed by atoms with Gasteiger partial charge in [-0.2, -0.15) is 5.10 Å². The monoisotopic (exact) mass is 318 g/mol. The number of amides is 1. The minimum absolute atomic E-state index is 0.00740. The molecule has 0 unspecified atom stereocenters. The van der Waals surface area contributed by atoms with E-state index in [1.807, 2.05) is 11.8 Å². The number of nitrogens with zero attached hydrogens (tertiary/aromatic N) is 3. The summed E-state index contributed by atoms with van der Waals surface area (Å²) in [6.45, 7) is 5.54. The molecule has 2 aliphatic heterocycles. The average Bonchev–Trinajstić information content (AvgIpc) is 3.22. The molecule has 0 spiro atoms. The van der Waals surface area contributed by atoms with E-state index in [1.54, 1.807) is 23.6 Å². The maximum absolute atomic E-state index is 12.3. The highest BCUT2D eigenvalue weighted by Gasteiger charge is 2.45. The lowest BCUT2D eigenvalue weighted by molar-refractivity contribution is 0.0352. The summed E-state index contributed by atoms with van der Waals surface area (Å²) in [4.78, 5) is 20.1. The zero-order valence-electron chi connectivity index (χ0n) is 12.6. The second-order valence-electron chi connectivity index (χ2n) is 6.03. The second kappa shape index (κ2) is 5.17. The first-order chi connectivity index (χ1) is 10.6. The van der Waals surface area contributed by atoms with Gasteiger partial charge in [0.2, 0.25) is 0 Å². The van der Waals surface area contributed by atoms with Crippen LogP contribution >= 0.6 is 11.3 Å². The number of carbonyl (C=O) groups is 1. The van der Waals surface area contributed by atoms with Crippen molar-refractivity contribution in [3.63, 3.8) is 0 Å². The molecule has 0 saturated carbocycles. The quantitative estimate of drug-likeness (QED) is 0.920. The van der Waals surface area contributed by atoms with E-state index in [9.17, 15) is 4.79 Å². The van der Waals surface area contributed by atoms with Gasteiger partial charge >= 0.3 is 0 Å². The fourth-order valence-electron chi connectivity index (χ4n) is 3.27. The summed E-state index contributed by atoms with van der Waals surface area (Å²) in [6, 6.07) is 1.71. The van der Waals surface area contributed by atoms with Crippen LogP contribution in [0.1, 0.15) is 38.6 Å². The average molecular weight is 318 g/mol. The molecule has 2 fully saturated rings. The molecule has 2 saturated heterocycles. The Morgan fingerprint density at radius 3 is 2.95 bits per heavy atom. The number of nitrogens with one attached hydrogen (secondary N) is 1. The van der Waals surface area contributed by atoms with Crippen molar-refractivity contribution < 1.29 is 9.53 Å². The van der Waals surface area contributed by atoms with E-state index >= 15 is 0 Å². The summed E-state index contributed by atoms with van der Waals surface area (Å²) in [6.07, 6.45) is 2.77. The molecule has 0 radical (unpaired) electrons. The summed E-state index contributed by atoms with van der Waals surface area (Å²) in [7, 11) is 0. The van der Waals surface area contributed by atoms with Gasteiger partial charge in [-0.1, -0.05) is 0 Å². The SMILES string of the molecule is Cc1nc([C@H]2C[C@H]3CN(C(=O)c4ccn[nH]4)C[C@H]3O2)sc1C. The Morgan fingerprint density at radius 2 is 2.32 bits per heavy atom. The number of likely N-dealkylation sites (tertiary alicyclic amines) is 1. The molecule has 4 rings (SSSR count). The largest absolute Gasteiger partial charge is 0.366 e. The number of ether oxygens (including phenoxy) is 1. The van der Waals surface area contributed by atoms with Crippen molar-refractivity contribution in [2.75, 3.05) is 13.1 Å². The first kappa shape index (κ1) is 13.9. The van der Waals surface area contributed by atoms with Gasteiger partial charge in [-0.25, -0.2) is 4.98 Å². The fourth-order valence-corrected chi connectivity index (χ4v) is 4.24. The van der Waals surface area contributed by atoms with Gasteiger partial charge in [0.05, 0.1) is 11.8 Å². The van der Waals surface area contributed by atoms with Gasteiger partial charge in [-0.15, -0.1) is 11.3 Å². The molecule has 4 heterocycles. The number of carbonyl (C=O) groups excluding carboxylic acids is 1. The van der Waals surface area contributed by atoms with E-state index in [4.69, 9.17) is 4.74 Å². The minimum Gasteiger partial charge on any atom is -0.366 e. The standard InChI is InChI=1S/C15H18N4O2S/c1-8-9(2)22-14(17-8)12-5-10-6-19(7-13(10)21-12)15(20)11-3-4-16-18-11/h3-4,10,12-13H,5-7H2,1-2H3,(H,16,18)/t10-,12+,13+/m0/s1. The van der Waals surface area contributed by atoms with Gasteiger partial charge in [0.1, 0.15) is 16.8 Å². The number of hydrogen-bond donors (Lipinski definition) is 1. The summed E-state index contributed by atoms with van der Waals surface area (Å²) in [5, 5.41) is 7.65. The molecule has 1 N–H and O–H groups in total. The maximum Gasteiger partial charge on any atom is 0.271 e. The highest BCUT2D eigenvalue weighted by molar-refractivity contribution is 7.11. The molecular formula is C15H18N4O2S. The molecule has 2 aromatic rings. The normalized spacial score (nSPS) is 27.4. The van der Waals surface area contributed by atoms with Gasteiger partial charge in [-0.05, 0) is 26.3 Å². The topological polar surface area (TPSA) is 71.1 Å². The van der Waals surface area contributed by atoms with Crippen molar-refractivity contribution in [2.24, 2.45) is 5.92 Å². The second-order valence-corrected chi connectivity index (χ2v) is 7.27. The predicted molar refractivity (Wildman–Crippen MR) is 81.8 cm³/mol. The van der Waals surface area contributed by atoms with Gasteiger partial charge in [0.15, 0.2) is 0 Å². The van der Waals surface area contributed by atoms with Crippen LogP contribution in [0.25, 0.3) is 0 Å². The maximum atomic E-state index is 12.3. The summed E-state index contributed by atoms with van der Waals surface area (Å²) in [5.74, 6) is 0.411. The van der Waals surface area contributed by atoms with E-state index in [2.05, 4.69) is 22.1 Å². The number of hydrogen-bond acceptors (Lipinski definition) is 5. The van der Waals surface area contributed by atoms with Crippen molar-refractivity contribution >= 4 is 17.2 Å². The number of H-pyrrole nitrogens is 1. The molecule has 22 heavy (non-hydrogen) atoms. The molecule has 0 bridgehead atoms. The van der Waals surface area contributed by atoms with Crippen molar-refractivity contribution in [1.29, 1.82) is 0 Å². The number of aromatic amines is 1. The molecule has 7 heteroatoms. The molecule has 2 aliphatic rings. The van der Waals surface area contributed by atoms with Crippen LogP contribution < -0.4 is 0 Å². The highest BCUT2D eigenvalue weighted by Crippen LogP contribution is 2.42. The molecule has 2 aromatic heterocycles. The Kier molecular flexibility index (Phi) is 3.27. The van der Waals surface area contributed by atoms with Crippen molar-refractivity contribution in [1.82, 2.24) is 20.1 Å². The third-order valence-electron chi connectivity index (χ3n) is 4.58. The third-order valence-corrected chi connectivity index (χ3v) is 5.74. The van der Waals surface area contributed by atoms with Crippen molar-refractivity contribution in [2.45, 2.75) is 32.5 Å².